The Morgan fingerprint density at radius 2 is 1.75 bits per heavy atom. The van der Waals surface area contributed by atoms with E-state index in [0.29, 0.717) is 5.92 Å². The minimum absolute atomic E-state index is 0.0147. The molecule has 0 aromatic heterocycles. The Balaban J connectivity index is 1.62. The van der Waals surface area contributed by atoms with Crippen molar-refractivity contribution in [2.45, 2.75) is 45.2 Å². The van der Waals surface area contributed by atoms with Gasteiger partial charge in [0.1, 0.15) is 0 Å². The van der Waals surface area contributed by atoms with Gasteiger partial charge in [-0.25, -0.2) is 0 Å². The zero-order chi connectivity index (χ0) is 16.9. The van der Waals surface area contributed by atoms with Crippen molar-refractivity contribution in [3.63, 3.8) is 0 Å². The third kappa shape index (κ3) is 4.24. The molecule has 3 heteroatoms. The smallest absolute Gasteiger partial charge is 0.241 e. The number of rotatable bonds is 7. The molecule has 0 radical (unpaired) electrons. The molecule has 24 heavy (non-hydrogen) atoms. The number of anilines is 1. The van der Waals surface area contributed by atoms with Crippen LogP contribution in [0.2, 0.25) is 0 Å². The molecule has 126 valence electrons. The van der Waals surface area contributed by atoms with Crippen molar-refractivity contribution in [2.75, 3.05) is 5.32 Å². The maximum absolute atomic E-state index is 12.5. The van der Waals surface area contributed by atoms with Gasteiger partial charge in [0.05, 0.1) is 6.04 Å². The summed E-state index contributed by atoms with van der Waals surface area (Å²) in [5.74, 6) is 0.660. The zero-order valence-electron chi connectivity index (χ0n) is 14.5. The van der Waals surface area contributed by atoms with Crippen molar-refractivity contribution in [3.05, 3.63) is 65.7 Å². The Hall–Kier alpha value is -2.13. The van der Waals surface area contributed by atoms with Gasteiger partial charge in [0.25, 0.3) is 0 Å². The molecule has 0 bridgehead atoms. The third-order valence-corrected chi connectivity index (χ3v) is 4.70. The second-order valence-electron chi connectivity index (χ2n) is 6.65. The van der Waals surface area contributed by atoms with Crippen molar-refractivity contribution in [2.24, 2.45) is 5.92 Å². The first-order chi connectivity index (χ1) is 11.7. The van der Waals surface area contributed by atoms with Gasteiger partial charge in [-0.2, -0.15) is 0 Å². The van der Waals surface area contributed by atoms with Gasteiger partial charge in [-0.15, -0.1) is 0 Å². The lowest BCUT2D eigenvalue weighted by Crippen LogP contribution is -2.40. The molecule has 0 heterocycles. The molecule has 1 amide bonds. The van der Waals surface area contributed by atoms with Crippen LogP contribution < -0.4 is 10.6 Å². The van der Waals surface area contributed by atoms with Crippen molar-refractivity contribution in [1.29, 1.82) is 0 Å². The van der Waals surface area contributed by atoms with Crippen LogP contribution >= 0.6 is 0 Å². The topological polar surface area (TPSA) is 41.1 Å². The lowest BCUT2D eigenvalue weighted by Gasteiger charge is -2.23. The number of hydrogen-bond acceptors (Lipinski definition) is 2. The van der Waals surface area contributed by atoms with E-state index in [9.17, 15) is 4.79 Å². The normalized spacial score (nSPS) is 16.4. The predicted molar refractivity (Wildman–Crippen MR) is 99.0 cm³/mol. The fourth-order valence-corrected chi connectivity index (χ4v) is 3.01. The van der Waals surface area contributed by atoms with E-state index in [1.165, 1.54) is 24.0 Å². The molecule has 2 N–H and O–H groups in total. The molecule has 2 unspecified atom stereocenters. The van der Waals surface area contributed by atoms with E-state index < -0.39 is 0 Å². The van der Waals surface area contributed by atoms with Gasteiger partial charge in [0.15, 0.2) is 0 Å². The quantitative estimate of drug-likeness (QED) is 0.797. The summed E-state index contributed by atoms with van der Waals surface area (Å²) >= 11 is 0. The molecular formula is C21H26N2O. The van der Waals surface area contributed by atoms with Gasteiger partial charge >= 0.3 is 0 Å². The second kappa shape index (κ2) is 7.63. The third-order valence-electron chi connectivity index (χ3n) is 4.70. The summed E-state index contributed by atoms with van der Waals surface area (Å²) in [5.41, 5.74) is 3.40. The van der Waals surface area contributed by atoms with Crippen LogP contribution in [0.5, 0.6) is 0 Å². The summed E-state index contributed by atoms with van der Waals surface area (Å²) in [6.45, 7) is 4.06. The molecule has 3 nitrogen and oxygen atoms in total. The van der Waals surface area contributed by atoms with Gasteiger partial charge in [0.2, 0.25) is 5.91 Å². The molecule has 1 aliphatic rings. The molecule has 2 aromatic rings. The van der Waals surface area contributed by atoms with Crippen LogP contribution in [0.4, 0.5) is 5.69 Å². The highest BCUT2D eigenvalue weighted by Gasteiger charge is 2.33. The average Bonchev–Trinajstić information content (AvgIpc) is 3.45. The molecule has 1 saturated carbocycles. The van der Waals surface area contributed by atoms with E-state index in [0.717, 1.165) is 12.1 Å². The molecular weight excluding hydrogens is 296 g/mol. The Kier molecular flexibility index (Phi) is 5.31. The molecule has 0 saturated heterocycles. The van der Waals surface area contributed by atoms with Gasteiger partial charge in [-0.1, -0.05) is 49.4 Å². The van der Waals surface area contributed by atoms with Crippen LogP contribution in [0.15, 0.2) is 54.6 Å². The first-order valence-corrected chi connectivity index (χ1v) is 8.88. The highest BCUT2D eigenvalue weighted by Crippen LogP contribution is 2.41. The van der Waals surface area contributed by atoms with Crippen molar-refractivity contribution in [1.82, 2.24) is 5.32 Å². The molecule has 1 fully saturated rings. The molecule has 2 aromatic carbocycles. The number of hydrogen-bond donors (Lipinski definition) is 2. The lowest BCUT2D eigenvalue weighted by atomic mass is 10.0. The zero-order valence-corrected chi connectivity index (χ0v) is 14.5. The summed E-state index contributed by atoms with van der Waals surface area (Å²) in [6, 6.07) is 18.5. The van der Waals surface area contributed by atoms with E-state index in [-0.39, 0.29) is 18.0 Å². The Morgan fingerprint density at radius 3 is 2.33 bits per heavy atom. The molecule has 0 spiro atoms. The van der Waals surface area contributed by atoms with Gasteiger partial charge in [-0.3, -0.25) is 10.1 Å². The van der Waals surface area contributed by atoms with Crippen LogP contribution in [-0.4, -0.2) is 11.9 Å². The SMILES string of the molecule is CCc1ccc(NC(=O)C(C)NC(c2ccccc2)C2CC2)cc1. The fourth-order valence-electron chi connectivity index (χ4n) is 3.01. The van der Waals surface area contributed by atoms with Crippen molar-refractivity contribution < 1.29 is 4.79 Å². The largest absolute Gasteiger partial charge is 0.325 e. The Labute approximate surface area is 144 Å². The van der Waals surface area contributed by atoms with E-state index in [1.807, 2.05) is 25.1 Å². The fraction of sp³-hybridized carbons (Fsp3) is 0.381. The van der Waals surface area contributed by atoms with E-state index >= 15 is 0 Å². The molecule has 2 atom stereocenters. The van der Waals surface area contributed by atoms with Gasteiger partial charge in [0, 0.05) is 11.7 Å². The Bertz CT molecular complexity index is 662. The number of carbonyl (C=O) groups excluding carboxylic acids is 1. The first-order valence-electron chi connectivity index (χ1n) is 8.88. The maximum Gasteiger partial charge on any atom is 0.241 e. The summed E-state index contributed by atoms with van der Waals surface area (Å²) in [6.07, 6.45) is 3.48. The molecule has 3 rings (SSSR count). The first kappa shape index (κ1) is 16.7. The lowest BCUT2D eigenvalue weighted by molar-refractivity contribution is -0.118. The second-order valence-corrected chi connectivity index (χ2v) is 6.65. The number of carbonyl (C=O) groups is 1. The van der Waals surface area contributed by atoms with Crippen molar-refractivity contribution >= 4 is 11.6 Å². The van der Waals surface area contributed by atoms with Gasteiger partial charge in [-0.05, 0) is 55.4 Å². The standard InChI is InChI=1S/C21H26N2O/c1-3-16-9-13-19(14-10-16)23-21(24)15(2)22-20(18-11-12-18)17-7-5-4-6-8-17/h4-10,13-15,18,20,22H,3,11-12H2,1-2H3,(H,23,24). The Morgan fingerprint density at radius 1 is 1.08 bits per heavy atom. The van der Waals surface area contributed by atoms with E-state index in [2.05, 4.69) is 54.0 Å². The number of amides is 1. The molecule has 1 aliphatic carbocycles. The predicted octanol–water partition coefficient (Wildman–Crippen LogP) is 4.32. The van der Waals surface area contributed by atoms with Crippen LogP contribution in [0.1, 0.15) is 43.9 Å². The van der Waals surface area contributed by atoms with E-state index in [4.69, 9.17) is 0 Å². The summed E-state index contributed by atoms with van der Waals surface area (Å²) in [7, 11) is 0. The van der Waals surface area contributed by atoms with Crippen LogP contribution in [0.3, 0.4) is 0 Å². The minimum Gasteiger partial charge on any atom is -0.325 e. The monoisotopic (exact) mass is 322 g/mol. The number of benzene rings is 2. The summed E-state index contributed by atoms with van der Waals surface area (Å²) < 4.78 is 0. The van der Waals surface area contributed by atoms with Crippen LogP contribution in [-0.2, 0) is 11.2 Å². The highest BCUT2D eigenvalue weighted by molar-refractivity contribution is 5.94. The summed E-state index contributed by atoms with van der Waals surface area (Å²) in [5, 5.41) is 6.53. The summed E-state index contributed by atoms with van der Waals surface area (Å²) in [4.78, 5) is 12.5. The van der Waals surface area contributed by atoms with Crippen molar-refractivity contribution in [3.8, 4) is 0 Å². The van der Waals surface area contributed by atoms with Crippen LogP contribution in [0, 0.1) is 5.92 Å². The number of aryl methyl sites for hydroxylation is 1. The molecule has 0 aliphatic heterocycles. The van der Waals surface area contributed by atoms with E-state index in [1.54, 1.807) is 0 Å². The maximum atomic E-state index is 12.5. The van der Waals surface area contributed by atoms with Crippen LogP contribution in [0.25, 0.3) is 0 Å². The number of nitrogens with one attached hydrogen (secondary N) is 2. The average molecular weight is 322 g/mol. The highest BCUT2D eigenvalue weighted by atomic mass is 16.2. The minimum atomic E-state index is -0.235. The van der Waals surface area contributed by atoms with Gasteiger partial charge < -0.3 is 5.32 Å².